The third-order valence-electron chi connectivity index (χ3n) is 5.08. The second-order valence-corrected chi connectivity index (χ2v) is 6.86. The maximum Gasteiger partial charge on any atom is 0.356 e. The quantitative estimate of drug-likeness (QED) is 0.498. The number of aromatic amines is 1. The van der Waals surface area contributed by atoms with Crippen molar-refractivity contribution in [2.24, 2.45) is 0 Å². The number of hydrogen-bond donors (Lipinski definition) is 4. The fourth-order valence-corrected chi connectivity index (χ4v) is 3.55. The van der Waals surface area contributed by atoms with Crippen LogP contribution in [0.4, 0.5) is 10.1 Å². The van der Waals surface area contributed by atoms with Gasteiger partial charge in [-0.1, -0.05) is 0 Å². The molecule has 1 saturated heterocycles. The SMILES string of the molecule is CCOC(=O)c1[nH]c2ccc(F)cc2c1NC(=O)C[NH+]1CC[NH+](CC)CC1. The van der Waals surface area contributed by atoms with Crippen molar-refractivity contribution >= 4 is 28.5 Å². The zero-order valence-corrected chi connectivity index (χ0v) is 15.8. The minimum Gasteiger partial charge on any atom is -0.461 e. The highest BCUT2D eigenvalue weighted by Crippen LogP contribution is 2.29. The zero-order valence-electron chi connectivity index (χ0n) is 15.8. The van der Waals surface area contributed by atoms with Crippen molar-refractivity contribution in [3.05, 3.63) is 29.7 Å². The van der Waals surface area contributed by atoms with E-state index in [4.69, 9.17) is 4.74 Å². The molecular formula is C19H27FN4O3+2. The Kier molecular flexibility index (Phi) is 6.08. The normalized spacial score (nSPS) is 19.8. The summed E-state index contributed by atoms with van der Waals surface area (Å²) in [4.78, 5) is 30.5. The molecule has 146 valence electrons. The van der Waals surface area contributed by atoms with E-state index in [1.54, 1.807) is 17.9 Å². The smallest absolute Gasteiger partial charge is 0.356 e. The van der Waals surface area contributed by atoms with Crippen LogP contribution in [0, 0.1) is 5.82 Å². The van der Waals surface area contributed by atoms with Crippen molar-refractivity contribution in [3.8, 4) is 0 Å². The zero-order chi connectivity index (χ0) is 19.4. The minimum absolute atomic E-state index is 0.140. The van der Waals surface area contributed by atoms with E-state index in [0.717, 1.165) is 32.7 Å². The Morgan fingerprint density at radius 2 is 1.89 bits per heavy atom. The molecule has 0 unspecified atom stereocenters. The summed E-state index contributed by atoms with van der Waals surface area (Å²) in [5.74, 6) is -1.20. The molecule has 0 radical (unpaired) electrons. The highest BCUT2D eigenvalue weighted by molar-refractivity contribution is 6.11. The third kappa shape index (κ3) is 4.45. The maximum atomic E-state index is 13.7. The molecule has 3 rings (SSSR count). The van der Waals surface area contributed by atoms with Gasteiger partial charge in [0, 0.05) is 10.9 Å². The fraction of sp³-hybridized carbons (Fsp3) is 0.474. The van der Waals surface area contributed by atoms with E-state index in [9.17, 15) is 14.0 Å². The molecule has 7 nitrogen and oxygen atoms in total. The van der Waals surface area contributed by atoms with Crippen molar-refractivity contribution in [1.29, 1.82) is 0 Å². The lowest BCUT2D eigenvalue weighted by atomic mass is 10.2. The molecular weight excluding hydrogens is 351 g/mol. The molecule has 0 saturated carbocycles. The van der Waals surface area contributed by atoms with Crippen LogP contribution in [0.3, 0.4) is 0 Å². The summed E-state index contributed by atoms with van der Waals surface area (Å²) >= 11 is 0. The van der Waals surface area contributed by atoms with E-state index >= 15 is 0 Å². The summed E-state index contributed by atoms with van der Waals surface area (Å²) in [6.07, 6.45) is 0. The van der Waals surface area contributed by atoms with Gasteiger partial charge in [-0.3, -0.25) is 4.79 Å². The highest BCUT2D eigenvalue weighted by Gasteiger charge is 2.26. The number of quaternary nitrogens is 2. The van der Waals surface area contributed by atoms with Crippen LogP contribution >= 0.6 is 0 Å². The number of halogens is 1. The first-order chi connectivity index (χ1) is 13.0. The number of benzene rings is 1. The first kappa shape index (κ1) is 19.3. The molecule has 0 bridgehead atoms. The number of likely N-dealkylation sites (N-methyl/N-ethyl adjacent to an activating group) is 1. The lowest BCUT2D eigenvalue weighted by Crippen LogP contribution is -3.28. The first-order valence-electron chi connectivity index (χ1n) is 9.47. The van der Waals surface area contributed by atoms with E-state index in [0.29, 0.717) is 17.4 Å². The van der Waals surface area contributed by atoms with Crippen LogP contribution in [0.5, 0.6) is 0 Å². The van der Waals surface area contributed by atoms with E-state index < -0.39 is 11.8 Å². The molecule has 1 fully saturated rings. The molecule has 8 heteroatoms. The Hall–Kier alpha value is -2.45. The number of H-pyrrole nitrogens is 1. The van der Waals surface area contributed by atoms with Gasteiger partial charge in [-0.05, 0) is 32.0 Å². The van der Waals surface area contributed by atoms with Crippen molar-refractivity contribution < 1.29 is 28.5 Å². The lowest BCUT2D eigenvalue weighted by molar-refractivity contribution is -1.01. The van der Waals surface area contributed by atoms with Crippen LogP contribution in [0.25, 0.3) is 10.9 Å². The Bertz CT molecular complexity index is 828. The predicted molar refractivity (Wildman–Crippen MR) is 99.6 cm³/mol. The number of hydrogen-bond acceptors (Lipinski definition) is 3. The predicted octanol–water partition coefficient (Wildman–Crippen LogP) is -0.774. The van der Waals surface area contributed by atoms with Crippen LogP contribution in [0.15, 0.2) is 18.2 Å². The van der Waals surface area contributed by atoms with Crippen LogP contribution in [-0.4, -0.2) is 62.7 Å². The number of amides is 1. The van der Waals surface area contributed by atoms with Gasteiger partial charge in [0.2, 0.25) is 0 Å². The monoisotopic (exact) mass is 378 g/mol. The van der Waals surface area contributed by atoms with Crippen molar-refractivity contribution in [1.82, 2.24) is 4.98 Å². The molecule has 1 aliphatic heterocycles. The van der Waals surface area contributed by atoms with Gasteiger partial charge in [0.05, 0.1) is 18.8 Å². The topological polar surface area (TPSA) is 80.1 Å². The molecule has 27 heavy (non-hydrogen) atoms. The van der Waals surface area contributed by atoms with E-state index in [-0.39, 0.29) is 23.9 Å². The van der Waals surface area contributed by atoms with E-state index in [2.05, 4.69) is 17.2 Å². The number of carbonyl (C=O) groups is 2. The fourth-order valence-electron chi connectivity index (χ4n) is 3.55. The molecule has 0 atom stereocenters. The van der Waals surface area contributed by atoms with Crippen molar-refractivity contribution in [3.63, 3.8) is 0 Å². The Morgan fingerprint density at radius 1 is 1.19 bits per heavy atom. The molecule has 4 N–H and O–H groups in total. The Balaban J connectivity index is 1.78. The molecule has 1 amide bonds. The summed E-state index contributed by atoms with van der Waals surface area (Å²) in [7, 11) is 0. The van der Waals surface area contributed by atoms with Gasteiger partial charge in [0.15, 0.2) is 6.54 Å². The van der Waals surface area contributed by atoms with Crippen LogP contribution < -0.4 is 15.1 Å². The number of nitrogens with one attached hydrogen (secondary N) is 4. The lowest BCUT2D eigenvalue weighted by Gasteiger charge is -2.28. The summed E-state index contributed by atoms with van der Waals surface area (Å²) in [5, 5.41) is 3.27. The standard InChI is InChI=1S/C19H25FN4O3/c1-3-23-7-9-24(10-8-23)12-16(25)22-17-14-11-13(20)5-6-15(14)21-18(17)19(26)27-4-2/h5-6,11,21H,3-4,7-10,12H2,1-2H3,(H,22,25)/p+2. The van der Waals surface area contributed by atoms with Crippen LogP contribution in [0.2, 0.25) is 0 Å². The number of ether oxygens (including phenoxy) is 1. The van der Waals surface area contributed by atoms with Gasteiger partial charge in [-0.15, -0.1) is 0 Å². The van der Waals surface area contributed by atoms with Crippen molar-refractivity contribution in [2.45, 2.75) is 13.8 Å². The molecule has 1 aliphatic rings. The molecule has 2 aromatic rings. The second-order valence-electron chi connectivity index (χ2n) is 6.86. The number of piperazine rings is 1. The second kappa shape index (κ2) is 8.49. The summed E-state index contributed by atoms with van der Waals surface area (Å²) in [5.41, 5.74) is 0.994. The van der Waals surface area contributed by atoms with Gasteiger partial charge in [-0.2, -0.15) is 0 Å². The number of rotatable bonds is 6. The average Bonchev–Trinajstić information content (AvgIpc) is 3.00. The van der Waals surface area contributed by atoms with Crippen molar-refractivity contribution in [2.75, 3.05) is 51.2 Å². The van der Waals surface area contributed by atoms with Gasteiger partial charge in [0.25, 0.3) is 5.91 Å². The molecule has 2 heterocycles. The van der Waals surface area contributed by atoms with Gasteiger partial charge in [-0.25, -0.2) is 9.18 Å². The largest absolute Gasteiger partial charge is 0.461 e. The Labute approximate surface area is 157 Å². The number of anilines is 1. The van der Waals surface area contributed by atoms with Crippen LogP contribution in [0.1, 0.15) is 24.3 Å². The number of esters is 1. The maximum absolute atomic E-state index is 13.7. The third-order valence-corrected chi connectivity index (χ3v) is 5.08. The highest BCUT2D eigenvalue weighted by atomic mass is 19.1. The van der Waals surface area contributed by atoms with E-state index in [1.165, 1.54) is 17.0 Å². The first-order valence-corrected chi connectivity index (χ1v) is 9.47. The van der Waals surface area contributed by atoms with Gasteiger partial charge in [0.1, 0.15) is 37.7 Å². The molecule has 0 aliphatic carbocycles. The molecule has 0 spiro atoms. The number of fused-ring (bicyclic) bond motifs is 1. The Morgan fingerprint density at radius 3 is 2.56 bits per heavy atom. The minimum atomic E-state index is -0.572. The summed E-state index contributed by atoms with van der Waals surface area (Å²) < 4.78 is 18.8. The van der Waals surface area contributed by atoms with Gasteiger partial charge >= 0.3 is 5.97 Å². The van der Waals surface area contributed by atoms with E-state index in [1.807, 2.05) is 0 Å². The average molecular weight is 378 g/mol. The van der Waals surface area contributed by atoms with Gasteiger partial charge < -0.3 is 24.8 Å². The number of carbonyl (C=O) groups excluding carboxylic acids is 2. The molecule has 1 aromatic heterocycles. The van der Waals surface area contributed by atoms with Crippen LogP contribution in [-0.2, 0) is 9.53 Å². The summed E-state index contributed by atoms with van der Waals surface area (Å²) in [6, 6.07) is 4.15. The molecule has 1 aromatic carbocycles. The number of aromatic nitrogens is 1. The summed E-state index contributed by atoms with van der Waals surface area (Å²) in [6.45, 7) is 9.47.